The van der Waals surface area contributed by atoms with Crippen LogP contribution in [-0.4, -0.2) is 40.7 Å². The van der Waals surface area contributed by atoms with E-state index in [1.807, 2.05) is 12.3 Å². The van der Waals surface area contributed by atoms with Crippen LogP contribution >= 0.6 is 22.9 Å². The molecule has 1 saturated heterocycles. The van der Waals surface area contributed by atoms with E-state index in [9.17, 15) is 4.79 Å². The zero-order chi connectivity index (χ0) is 15.0. The topological polar surface area (TPSA) is 68.5 Å². The lowest BCUT2D eigenvalue weighted by Crippen LogP contribution is -2.43. The van der Waals surface area contributed by atoms with Gasteiger partial charge < -0.3 is 14.2 Å². The number of amides is 1. The summed E-state index contributed by atoms with van der Waals surface area (Å²) in [5.41, 5.74) is 0.906. The Morgan fingerprint density at radius 3 is 2.95 bits per heavy atom. The first-order valence-corrected chi connectivity index (χ1v) is 7.76. The van der Waals surface area contributed by atoms with Gasteiger partial charge in [-0.05, 0) is 24.8 Å². The van der Waals surface area contributed by atoms with E-state index in [-0.39, 0.29) is 11.9 Å². The Labute approximate surface area is 130 Å². The van der Waals surface area contributed by atoms with E-state index in [0.29, 0.717) is 41.4 Å². The number of nitrogens with zero attached hydrogens (tertiary/aromatic N) is 3. The number of ether oxygens (including phenoxy) is 1. The van der Waals surface area contributed by atoms with Crippen LogP contribution in [0.3, 0.4) is 0 Å². The SMILES string of the molecule is Cc1noc([C@@H]2COCCN2C(=O)c2scc(C)c2Cl)n1. The van der Waals surface area contributed by atoms with Crippen LogP contribution in [0.2, 0.25) is 5.02 Å². The van der Waals surface area contributed by atoms with Crippen LogP contribution in [0, 0.1) is 13.8 Å². The minimum atomic E-state index is -0.370. The molecule has 1 fully saturated rings. The predicted molar refractivity (Wildman–Crippen MR) is 77.7 cm³/mol. The van der Waals surface area contributed by atoms with Crippen LogP contribution in [0.25, 0.3) is 0 Å². The van der Waals surface area contributed by atoms with Gasteiger partial charge in [0.05, 0.1) is 18.2 Å². The van der Waals surface area contributed by atoms with Gasteiger partial charge in [-0.15, -0.1) is 11.3 Å². The molecular formula is C13H14ClN3O3S. The van der Waals surface area contributed by atoms with Gasteiger partial charge in [0.15, 0.2) is 5.82 Å². The molecule has 112 valence electrons. The third-order valence-electron chi connectivity index (χ3n) is 3.31. The summed E-state index contributed by atoms with van der Waals surface area (Å²) in [4.78, 5) is 19.2. The van der Waals surface area contributed by atoms with Gasteiger partial charge >= 0.3 is 0 Å². The number of aryl methyl sites for hydroxylation is 2. The van der Waals surface area contributed by atoms with Crippen molar-refractivity contribution in [3.8, 4) is 0 Å². The maximum absolute atomic E-state index is 12.7. The highest BCUT2D eigenvalue weighted by Crippen LogP contribution is 2.32. The number of aromatic nitrogens is 2. The Hall–Kier alpha value is -1.44. The first-order valence-electron chi connectivity index (χ1n) is 6.50. The molecule has 0 N–H and O–H groups in total. The highest BCUT2D eigenvalue weighted by Gasteiger charge is 2.34. The first kappa shape index (κ1) is 14.5. The lowest BCUT2D eigenvalue weighted by Gasteiger charge is -2.33. The Balaban J connectivity index is 1.91. The number of carbonyl (C=O) groups excluding carboxylic acids is 1. The molecule has 3 heterocycles. The van der Waals surface area contributed by atoms with Gasteiger partial charge in [-0.2, -0.15) is 4.98 Å². The third-order valence-corrected chi connectivity index (χ3v) is 5.00. The molecule has 0 spiro atoms. The molecule has 8 heteroatoms. The molecule has 0 saturated carbocycles. The summed E-state index contributed by atoms with van der Waals surface area (Å²) in [6, 6.07) is -0.370. The summed E-state index contributed by atoms with van der Waals surface area (Å²) in [5.74, 6) is 0.806. The van der Waals surface area contributed by atoms with Gasteiger partial charge in [0.25, 0.3) is 11.8 Å². The highest BCUT2D eigenvalue weighted by atomic mass is 35.5. The van der Waals surface area contributed by atoms with Crippen molar-refractivity contribution in [1.82, 2.24) is 15.0 Å². The minimum Gasteiger partial charge on any atom is -0.377 e. The molecule has 21 heavy (non-hydrogen) atoms. The lowest BCUT2D eigenvalue weighted by molar-refractivity contribution is -0.0116. The van der Waals surface area contributed by atoms with Gasteiger partial charge in [-0.3, -0.25) is 4.79 Å². The molecule has 2 aromatic heterocycles. The fraction of sp³-hybridized carbons (Fsp3) is 0.462. The number of rotatable bonds is 2. The van der Waals surface area contributed by atoms with Crippen LogP contribution in [-0.2, 0) is 4.74 Å². The van der Waals surface area contributed by atoms with Gasteiger partial charge in [0.2, 0.25) is 0 Å². The molecule has 3 rings (SSSR count). The standard InChI is InChI=1S/C13H14ClN3O3S/c1-7-6-21-11(10(7)14)13(18)17-3-4-19-5-9(17)12-15-8(2)16-20-12/h6,9H,3-5H2,1-2H3/t9-/m0/s1. The molecule has 0 radical (unpaired) electrons. The fourth-order valence-corrected chi connectivity index (χ4v) is 3.43. The van der Waals surface area contributed by atoms with E-state index >= 15 is 0 Å². The van der Waals surface area contributed by atoms with E-state index in [4.69, 9.17) is 20.9 Å². The number of hydrogen-bond donors (Lipinski definition) is 0. The second-order valence-corrected chi connectivity index (χ2v) is 6.09. The average molecular weight is 328 g/mol. The van der Waals surface area contributed by atoms with Crippen molar-refractivity contribution in [2.45, 2.75) is 19.9 Å². The zero-order valence-electron chi connectivity index (χ0n) is 11.6. The summed E-state index contributed by atoms with van der Waals surface area (Å²) in [7, 11) is 0. The van der Waals surface area contributed by atoms with Crippen LogP contribution in [0.1, 0.15) is 33.0 Å². The first-order chi connectivity index (χ1) is 10.1. The highest BCUT2D eigenvalue weighted by molar-refractivity contribution is 7.13. The van der Waals surface area contributed by atoms with Gasteiger partial charge in [0, 0.05) is 6.54 Å². The van der Waals surface area contributed by atoms with E-state index < -0.39 is 0 Å². The van der Waals surface area contributed by atoms with Crippen molar-refractivity contribution >= 4 is 28.8 Å². The smallest absolute Gasteiger partial charge is 0.266 e. The summed E-state index contributed by atoms with van der Waals surface area (Å²) in [5, 5.41) is 6.16. The number of hydrogen-bond acceptors (Lipinski definition) is 6. The van der Waals surface area contributed by atoms with Crippen LogP contribution in [0.15, 0.2) is 9.90 Å². The Morgan fingerprint density at radius 2 is 2.33 bits per heavy atom. The predicted octanol–water partition coefficient (Wildman–Crippen LogP) is 2.62. The second kappa shape index (κ2) is 5.75. The molecule has 0 bridgehead atoms. The molecule has 0 aliphatic carbocycles. The van der Waals surface area contributed by atoms with E-state index in [2.05, 4.69) is 10.1 Å². The second-order valence-electron chi connectivity index (χ2n) is 4.83. The van der Waals surface area contributed by atoms with Gasteiger partial charge in [0.1, 0.15) is 10.9 Å². The number of thiophene rings is 1. The summed E-state index contributed by atoms with van der Waals surface area (Å²) in [6.45, 7) is 4.92. The Morgan fingerprint density at radius 1 is 1.52 bits per heavy atom. The van der Waals surface area contributed by atoms with Crippen molar-refractivity contribution < 1.29 is 14.1 Å². The normalized spacial score (nSPS) is 19.0. The third kappa shape index (κ3) is 2.68. The Kier molecular flexibility index (Phi) is 3.97. The van der Waals surface area contributed by atoms with Crippen molar-refractivity contribution in [1.29, 1.82) is 0 Å². The molecule has 0 unspecified atom stereocenters. The largest absolute Gasteiger partial charge is 0.377 e. The van der Waals surface area contributed by atoms with Crippen molar-refractivity contribution in [3.63, 3.8) is 0 Å². The number of morpholine rings is 1. The number of halogens is 1. The van der Waals surface area contributed by atoms with E-state index in [0.717, 1.165) is 5.56 Å². The van der Waals surface area contributed by atoms with Crippen LogP contribution in [0.5, 0.6) is 0 Å². The van der Waals surface area contributed by atoms with E-state index in [1.54, 1.807) is 11.8 Å². The number of carbonyl (C=O) groups is 1. The van der Waals surface area contributed by atoms with Gasteiger partial charge in [-0.1, -0.05) is 16.8 Å². The maximum Gasteiger partial charge on any atom is 0.266 e. The fourth-order valence-electron chi connectivity index (χ4n) is 2.20. The monoisotopic (exact) mass is 327 g/mol. The van der Waals surface area contributed by atoms with Crippen LogP contribution in [0.4, 0.5) is 0 Å². The molecule has 1 atom stereocenters. The van der Waals surface area contributed by atoms with Crippen molar-refractivity contribution in [3.05, 3.63) is 32.6 Å². The maximum atomic E-state index is 12.7. The molecule has 2 aromatic rings. The minimum absolute atomic E-state index is 0.123. The van der Waals surface area contributed by atoms with Gasteiger partial charge in [-0.25, -0.2) is 0 Å². The quantitative estimate of drug-likeness (QED) is 0.848. The Bertz CT molecular complexity index is 669. The molecule has 1 amide bonds. The lowest BCUT2D eigenvalue weighted by atomic mass is 10.2. The zero-order valence-corrected chi connectivity index (χ0v) is 13.2. The van der Waals surface area contributed by atoms with Crippen LogP contribution < -0.4 is 0 Å². The van der Waals surface area contributed by atoms with Crippen molar-refractivity contribution in [2.75, 3.05) is 19.8 Å². The molecule has 0 aromatic carbocycles. The molecule has 1 aliphatic heterocycles. The summed E-state index contributed by atoms with van der Waals surface area (Å²) in [6.07, 6.45) is 0. The average Bonchev–Trinajstić information content (AvgIpc) is 3.06. The summed E-state index contributed by atoms with van der Waals surface area (Å²) >= 11 is 7.55. The van der Waals surface area contributed by atoms with Crippen molar-refractivity contribution in [2.24, 2.45) is 0 Å². The molecule has 1 aliphatic rings. The molecular weight excluding hydrogens is 314 g/mol. The molecule has 6 nitrogen and oxygen atoms in total. The summed E-state index contributed by atoms with van der Waals surface area (Å²) < 4.78 is 10.6. The van der Waals surface area contributed by atoms with E-state index in [1.165, 1.54) is 11.3 Å².